The summed E-state index contributed by atoms with van der Waals surface area (Å²) in [6.07, 6.45) is 0.346. The molecular formula is C20H27NO3. The van der Waals surface area contributed by atoms with Crippen LogP contribution in [0.1, 0.15) is 29.7 Å². The lowest BCUT2D eigenvalue weighted by Crippen LogP contribution is -2.32. The van der Waals surface area contributed by atoms with E-state index in [0.29, 0.717) is 6.54 Å². The predicted octanol–water partition coefficient (Wildman–Crippen LogP) is 3.27. The molecule has 2 atom stereocenters. The Morgan fingerprint density at radius 1 is 1.04 bits per heavy atom. The number of aliphatic hydroxyl groups excluding tert-OH is 1. The Labute approximate surface area is 144 Å². The summed E-state index contributed by atoms with van der Waals surface area (Å²) < 4.78 is 10.6. The first-order chi connectivity index (χ1) is 11.5. The Morgan fingerprint density at radius 2 is 1.79 bits per heavy atom. The maximum Gasteiger partial charge on any atom is 0.160 e. The van der Waals surface area contributed by atoms with Crippen LogP contribution in [0.15, 0.2) is 42.5 Å². The van der Waals surface area contributed by atoms with Crippen molar-refractivity contribution in [3.8, 4) is 11.5 Å². The van der Waals surface area contributed by atoms with Crippen LogP contribution in [0, 0.1) is 6.92 Å². The summed E-state index contributed by atoms with van der Waals surface area (Å²) in [5.74, 6) is 1.47. The Morgan fingerprint density at radius 3 is 2.46 bits per heavy atom. The lowest BCUT2D eigenvalue weighted by Gasteiger charge is -2.18. The average Bonchev–Trinajstić information content (AvgIpc) is 2.59. The molecule has 0 saturated heterocycles. The molecule has 0 aliphatic heterocycles. The van der Waals surface area contributed by atoms with E-state index >= 15 is 0 Å². The fourth-order valence-electron chi connectivity index (χ4n) is 2.74. The van der Waals surface area contributed by atoms with Crippen molar-refractivity contribution < 1.29 is 14.6 Å². The van der Waals surface area contributed by atoms with E-state index in [4.69, 9.17) is 9.47 Å². The molecule has 0 aliphatic carbocycles. The smallest absolute Gasteiger partial charge is 0.160 e. The number of hydrogen-bond acceptors (Lipinski definition) is 4. The van der Waals surface area contributed by atoms with Crippen LogP contribution in [0.5, 0.6) is 11.5 Å². The van der Waals surface area contributed by atoms with E-state index in [1.807, 2.05) is 49.4 Å². The van der Waals surface area contributed by atoms with Crippen LogP contribution in [0.25, 0.3) is 0 Å². The summed E-state index contributed by atoms with van der Waals surface area (Å²) in [5, 5.41) is 13.7. The van der Waals surface area contributed by atoms with Crippen molar-refractivity contribution in [3.05, 3.63) is 59.2 Å². The molecule has 1 unspecified atom stereocenters. The molecule has 4 nitrogen and oxygen atoms in total. The van der Waals surface area contributed by atoms with Crippen LogP contribution >= 0.6 is 0 Å². The lowest BCUT2D eigenvalue weighted by molar-refractivity contribution is 0.170. The predicted molar refractivity (Wildman–Crippen MR) is 96.9 cm³/mol. The van der Waals surface area contributed by atoms with Crippen LogP contribution in [0.4, 0.5) is 0 Å². The second-order valence-electron chi connectivity index (χ2n) is 6.13. The van der Waals surface area contributed by atoms with Gasteiger partial charge in [0.05, 0.1) is 20.3 Å². The highest BCUT2D eigenvalue weighted by Crippen LogP contribution is 2.28. The van der Waals surface area contributed by atoms with Crippen molar-refractivity contribution in [2.45, 2.75) is 32.4 Å². The summed E-state index contributed by atoms with van der Waals surface area (Å²) in [6.45, 7) is 4.67. The Bertz CT molecular complexity index is 657. The van der Waals surface area contributed by atoms with E-state index in [9.17, 15) is 5.11 Å². The van der Waals surface area contributed by atoms with Gasteiger partial charge in [-0.2, -0.15) is 0 Å². The second kappa shape index (κ2) is 8.71. The molecule has 130 valence electrons. The molecule has 24 heavy (non-hydrogen) atoms. The maximum absolute atomic E-state index is 10.3. The zero-order valence-electron chi connectivity index (χ0n) is 14.9. The van der Waals surface area contributed by atoms with E-state index in [0.717, 1.165) is 34.6 Å². The summed E-state index contributed by atoms with van der Waals surface area (Å²) in [4.78, 5) is 0. The van der Waals surface area contributed by atoms with Crippen molar-refractivity contribution in [2.75, 3.05) is 20.8 Å². The first kappa shape index (κ1) is 18.3. The number of hydrogen-bond donors (Lipinski definition) is 2. The molecule has 0 aromatic heterocycles. The van der Waals surface area contributed by atoms with Crippen LogP contribution in [-0.2, 0) is 6.42 Å². The van der Waals surface area contributed by atoms with Gasteiger partial charge in [0.2, 0.25) is 0 Å². The van der Waals surface area contributed by atoms with Crippen molar-refractivity contribution in [2.24, 2.45) is 0 Å². The third kappa shape index (κ3) is 4.98. The van der Waals surface area contributed by atoms with Crippen molar-refractivity contribution in [3.63, 3.8) is 0 Å². The number of methoxy groups -OCH3 is 2. The first-order valence-electron chi connectivity index (χ1n) is 8.22. The van der Waals surface area contributed by atoms with Gasteiger partial charge in [0.15, 0.2) is 11.5 Å². The molecule has 0 aliphatic rings. The third-order valence-corrected chi connectivity index (χ3v) is 4.08. The number of aryl methyl sites for hydroxylation is 1. The van der Waals surface area contributed by atoms with E-state index in [-0.39, 0.29) is 6.04 Å². The van der Waals surface area contributed by atoms with E-state index in [1.165, 1.54) is 0 Å². The number of ether oxygens (including phenoxy) is 2. The van der Waals surface area contributed by atoms with Gasteiger partial charge in [-0.05, 0) is 43.5 Å². The van der Waals surface area contributed by atoms with Gasteiger partial charge in [0, 0.05) is 12.6 Å². The largest absolute Gasteiger partial charge is 0.493 e. The lowest BCUT2D eigenvalue weighted by atomic mass is 10.0. The summed E-state index contributed by atoms with van der Waals surface area (Å²) in [7, 11) is 3.27. The molecule has 0 bridgehead atoms. The van der Waals surface area contributed by atoms with E-state index < -0.39 is 6.10 Å². The number of benzene rings is 2. The molecule has 0 saturated carbocycles. The van der Waals surface area contributed by atoms with Gasteiger partial charge in [0.1, 0.15) is 0 Å². The quantitative estimate of drug-likeness (QED) is 0.780. The topological polar surface area (TPSA) is 50.7 Å². The number of aliphatic hydroxyl groups is 1. The zero-order chi connectivity index (χ0) is 17.5. The summed E-state index contributed by atoms with van der Waals surface area (Å²) in [6, 6.07) is 14.2. The molecule has 2 rings (SSSR count). The molecule has 2 N–H and O–H groups in total. The normalized spacial score (nSPS) is 13.4. The van der Waals surface area contributed by atoms with E-state index in [2.05, 4.69) is 12.2 Å². The third-order valence-electron chi connectivity index (χ3n) is 4.08. The summed E-state index contributed by atoms with van der Waals surface area (Å²) in [5.41, 5.74) is 3.27. The van der Waals surface area contributed by atoms with Gasteiger partial charge in [-0.1, -0.05) is 35.9 Å². The zero-order valence-corrected chi connectivity index (χ0v) is 14.9. The molecule has 0 heterocycles. The standard InChI is InChI=1S/C20H27NO3/c1-14-6-5-7-17(10-14)18(22)13-21-15(2)11-16-8-9-19(23-3)20(12-16)24-4/h5-10,12,15,18,21-22H,11,13H2,1-4H3/t15?,18-/m0/s1. The monoisotopic (exact) mass is 329 g/mol. The van der Waals surface area contributed by atoms with Crippen LogP contribution < -0.4 is 14.8 Å². The second-order valence-corrected chi connectivity index (χ2v) is 6.13. The van der Waals surface area contributed by atoms with Gasteiger partial charge >= 0.3 is 0 Å². The van der Waals surface area contributed by atoms with Crippen LogP contribution in [0.2, 0.25) is 0 Å². The first-order valence-corrected chi connectivity index (χ1v) is 8.22. The maximum atomic E-state index is 10.3. The van der Waals surface area contributed by atoms with Gasteiger partial charge in [0.25, 0.3) is 0 Å². The molecule has 4 heteroatoms. The average molecular weight is 329 g/mol. The molecule has 2 aromatic rings. The number of rotatable bonds is 8. The molecule has 0 fully saturated rings. The van der Waals surface area contributed by atoms with Crippen LogP contribution in [0.3, 0.4) is 0 Å². The summed E-state index contributed by atoms with van der Waals surface area (Å²) >= 11 is 0. The van der Waals surface area contributed by atoms with Gasteiger partial charge in [-0.15, -0.1) is 0 Å². The minimum atomic E-state index is -0.502. The fraction of sp³-hybridized carbons (Fsp3) is 0.400. The Hall–Kier alpha value is -2.04. The molecular weight excluding hydrogens is 302 g/mol. The van der Waals surface area contributed by atoms with Crippen LogP contribution in [-0.4, -0.2) is 31.9 Å². The molecule has 0 spiro atoms. The fourth-order valence-corrected chi connectivity index (χ4v) is 2.74. The van der Waals surface area contributed by atoms with Gasteiger partial charge in [-0.25, -0.2) is 0 Å². The van der Waals surface area contributed by atoms with Crippen molar-refractivity contribution >= 4 is 0 Å². The number of nitrogens with one attached hydrogen (secondary N) is 1. The minimum Gasteiger partial charge on any atom is -0.493 e. The van der Waals surface area contributed by atoms with Gasteiger partial charge < -0.3 is 19.9 Å². The highest BCUT2D eigenvalue weighted by molar-refractivity contribution is 5.43. The Kier molecular flexibility index (Phi) is 6.64. The molecule has 2 aromatic carbocycles. The highest BCUT2D eigenvalue weighted by Gasteiger charge is 2.11. The van der Waals surface area contributed by atoms with Crippen molar-refractivity contribution in [1.29, 1.82) is 0 Å². The highest BCUT2D eigenvalue weighted by atomic mass is 16.5. The SMILES string of the molecule is COc1ccc(CC(C)NC[C@H](O)c2cccc(C)c2)cc1OC. The van der Waals surface area contributed by atoms with E-state index in [1.54, 1.807) is 14.2 Å². The Balaban J connectivity index is 1.90. The minimum absolute atomic E-state index is 0.238. The molecule has 0 radical (unpaired) electrons. The molecule has 0 amide bonds. The van der Waals surface area contributed by atoms with Gasteiger partial charge in [-0.3, -0.25) is 0 Å². The van der Waals surface area contributed by atoms with Crippen molar-refractivity contribution in [1.82, 2.24) is 5.32 Å².